The Morgan fingerprint density at radius 2 is 1.84 bits per heavy atom. The minimum Gasteiger partial charge on any atom is -0.376 e. The molecule has 6 nitrogen and oxygen atoms in total. The van der Waals surface area contributed by atoms with E-state index in [-0.39, 0.29) is 0 Å². The lowest BCUT2D eigenvalue weighted by Gasteiger charge is -2.16. The molecule has 1 heterocycles. The number of nitrogens with one attached hydrogen (secondary N) is 2. The maximum Gasteiger partial charge on any atom is 0.191 e. The second-order valence-electron chi connectivity index (χ2n) is 8.10. The lowest BCUT2D eigenvalue weighted by atomic mass is 10.1. The molecule has 0 saturated carbocycles. The number of aromatic nitrogens is 2. The summed E-state index contributed by atoms with van der Waals surface area (Å²) in [5, 5.41) is 6.78. The van der Waals surface area contributed by atoms with Crippen LogP contribution in [-0.4, -0.2) is 35.2 Å². The first-order chi connectivity index (χ1) is 15.6. The van der Waals surface area contributed by atoms with Crippen molar-refractivity contribution in [1.82, 2.24) is 20.2 Å². The van der Waals surface area contributed by atoms with Crippen LogP contribution in [0.25, 0.3) is 0 Å². The van der Waals surface area contributed by atoms with Crippen LogP contribution in [0, 0.1) is 12.8 Å². The zero-order chi connectivity index (χ0) is 22.6. The van der Waals surface area contributed by atoms with Crippen LogP contribution in [-0.2, 0) is 24.4 Å². The second-order valence-corrected chi connectivity index (χ2v) is 8.10. The van der Waals surface area contributed by atoms with Crippen molar-refractivity contribution in [2.24, 2.45) is 10.9 Å². The number of guanidine groups is 1. The summed E-state index contributed by atoms with van der Waals surface area (Å²) in [4.78, 5) is 9.07. The first-order valence-electron chi connectivity index (χ1n) is 11.3. The molecule has 6 heteroatoms. The minimum absolute atomic E-state index is 0.379. The molecular weight excluding hydrogens is 398 g/mol. The molecule has 1 aromatic heterocycles. The van der Waals surface area contributed by atoms with Crippen LogP contribution < -0.4 is 10.6 Å². The third-order valence-electron chi connectivity index (χ3n) is 5.16. The molecule has 3 rings (SSSR count). The monoisotopic (exact) mass is 433 g/mol. The van der Waals surface area contributed by atoms with Crippen LogP contribution in [0.4, 0.5) is 0 Å². The second kappa shape index (κ2) is 12.7. The van der Waals surface area contributed by atoms with E-state index in [4.69, 9.17) is 9.73 Å². The fourth-order valence-corrected chi connectivity index (χ4v) is 3.39. The van der Waals surface area contributed by atoms with Gasteiger partial charge in [-0.15, -0.1) is 0 Å². The summed E-state index contributed by atoms with van der Waals surface area (Å²) in [6.45, 7) is 10.7. The van der Waals surface area contributed by atoms with Gasteiger partial charge in [-0.25, -0.2) is 9.98 Å². The summed E-state index contributed by atoms with van der Waals surface area (Å²) in [5.74, 6) is 2.23. The molecule has 170 valence electrons. The Balaban J connectivity index is 1.47. The summed E-state index contributed by atoms with van der Waals surface area (Å²) < 4.78 is 8.01. The summed E-state index contributed by atoms with van der Waals surface area (Å²) in [6.07, 6.45) is 3.85. The van der Waals surface area contributed by atoms with Gasteiger partial charge in [0.1, 0.15) is 5.82 Å². The van der Waals surface area contributed by atoms with E-state index < -0.39 is 0 Å². The standard InChI is InChI=1S/C26H35N5O/c1-4-27-26(29-16-21(2)19-32-20-23-9-6-5-7-10-23)30-17-24-11-8-12-25(15-24)18-31-14-13-28-22(31)3/h5-15,21H,4,16-20H2,1-3H3,(H2,27,29,30). The fourth-order valence-electron chi connectivity index (χ4n) is 3.39. The molecule has 2 N–H and O–H groups in total. The zero-order valence-electron chi connectivity index (χ0n) is 19.4. The van der Waals surface area contributed by atoms with E-state index in [2.05, 4.69) is 70.4 Å². The van der Waals surface area contributed by atoms with Gasteiger partial charge in [-0.05, 0) is 36.5 Å². The number of aliphatic imine (C=N–C) groups is 1. The predicted octanol–water partition coefficient (Wildman–Crippen LogP) is 4.15. The smallest absolute Gasteiger partial charge is 0.191 e. The number of imidazole rings is 1. The van der Waals surface area contributed by atoms with Crippen molar-refractivity contribution in [2.45, 2.75) is 40.5 Å². The third kappa shape index (κ3) is 7.85. The Morgan fingerprint density at radius 3 is 2.59 bits per heavy atom. The van der Waals surface area contributed by atoms with E-state index >= 15 is 0 Å². The molecule has 0 fully saturated rings. The molecule has 0 aliphatic carbocycles. The van der Waals surface area contributed by atoms with Gasteiger partial charge in [0.2, 0.25) is 0 Å². The molecule has 0 saturated heterocycles. The molecule has 0 bridgehead atoms. The zero-order valence-corrected chi connectivity index (χ0v) is 19.4. The molecule has 0 aliphatic heterocycles. The van der Waals surface area contributed by atoms with Crippen molar-refractivity contribution < 1.29 is 4.74 Å². The van der Waals surface area contributed by atoms with E-state index in [9.17, 15) is 0 Å². The van der Waals surface area contributed by atoms with Gasteiger partial charge >= 0.3 is 0 Å². The fraction of sp³-hybridized carbons (Fsp3) is 0.385. The van der Waals surface area contributed by atoms with Gasteiger partial charge < -0.3 is 19.9 Å². The van der Waals surface area contributed by atoms with Gasteiger partial charge in [0, 0.05) is 32.0 Å². The maximum absolute atomic E-state index is 5.86. The Kier molecular flexibility index (Phi) is 9.32. The number of benzene rings is 2. The molecule has 0 amide bonds. The largest absolute Gasteiger partial charge is 0.376 e. The molecule has 1 atom stereocenters. The van der Waals surface area contributed by atoms with E-state index in [0.717, 1.165) is 31.4 Å². The Morgan fingerprint density at radius 1 is 1.06 bits per heavy atom. The SMILES string of the molecule is CCNC(=NCc1cccc(Cn2ccnc2C)c1)NCC(C)COCc1ccccc1. The van der Waals surface area contributed by atoms with Gasteiger partial charge in [0.25, 0.3) is 0 Å². The lowest BCUT2D eigenvalue weighted by Crippen LogP contribution is -2.40. The highest BCUT2D eigenvalue weighted by Gasteiger charge is 2.06. The Hall–Kier alpha value is -3.12. The topological polar surface area (TPSA) is 63.5 Å². The van der Waals surface area contributed by atoms with Gasteiger partial charge in [-0.1, -0.05) is 61.5 Å². The number of hydrogen-bond donors (Lipinski definition) is 2. The molecule has 3 aromatic rings. The van der Waals surface area contributed by atoms with Crippen molar-refractivity contribution in [2.75, 3.05) is 19.7 Å². The summed E-state index contributed by atoms with van der Waals surface area (Å²) >= 11 is 0. The van der Waals surface area contributed by atoms with Crippen LogP contribution in [0.1, 0.15) is 36.4 Å². The molecule has 0 radical (unpaired) electrons. The van der Waals surface area contributed by atoms with Crippen LogP contribution in [0.15, 0.2) is 72.0 Å². The number of ether oxygens (including phenoxy) is 1. The van der Waals surface area contributed by atoms with Crippen LogP contribution in [0.2, 0.25) is 0 Å². The normalized spacial score (nSPS) is 12.5. The molecule has 1 unspecified atom stereocenters. The molecule has 32 heavy (non-hydrogen) atoms. The summed E-state index contributed by atoms with van der Waals surface area (Å²) in [6, 6.07) is 18.9. The Labute approximate surface area is 191 Å². The molecule has 0 spiro atoms. The average Bonchev–Trinajstić information content (AvgIpc) is 3.21. The molecular formula is C26H35N5O. The van der Waals surface area contributed by atoms with Gasteiger partial charge in [-0.2, -0.15) is 0 Å². The summed E-state index contributed by atoms with van der Waals surface area (Å²) in [7, 11) is 0. The van der Waals surface area contributed by atoms with E-state index in [1.54, 1.807) is 0 Å². The van der Waals surface area contributed by atoms with E-state index in [1.165, 1.54) is 16.7 Å². The first kappa shape index (κ1) is 23.5. The first-order valence-corrected chi connectivity index (χ1v) is 11.3. The van der Waals surface area contributed by atoms with E-state index in [0.29, 0.717) is 25.7 Å². The predicted molar refractivity (Wildman–Crippen MR) is 131 cm³/mol. The highest BCUT2D eigenvalue weighted by molar-refractivity contribution is 5.79. The van der Waals surface area contributed by atoms with Crippen molar-refractivity contribution in [3.05, 3.63) is 89.5 Å². The number of hydrogen-bond acceptors (Lipinski definition) is 3. The number of rotatable bonds is 11. The Bertz CT molecular complexity index is 967. The highest BCUT2D eigenvalue weighted by Crippen LogP contribution is 2.10. The van der Waals surface area contributed by atoms with Gasteiger partial charge in [0.05, 0.1) is 19.8 Å². The molecule has 2 aromatic carbocycles. The van der Waals surface area contributed by atoms with Crippen LogP contribution in [0.3, 0.4) is 0 Å². The van der Waals surface area contributed by atoms with E-state index in [1.807, 2.05) is 37.5 Å². The molecule has 0 aliphatic rings. The van der Waals surface area contributed by atoms with Crippen molar-refractivity contribution in [3.8, 4) is 0 Å². The van der Waals surface area contributed by atoms with Gasteiger partial charge in [-0.3, -0.25) is 0 Å². The quantitative estimate of drug-likeness (QED) is 0.352. The van der Waals surface area contributed by atoms with Crippen molar-refractivity contribution in [1.29, 1.82) is 0 Å². The minimum atomic E-state index is 0.379. The third-order valence-corrected chi connectivity index (χ3v) is 5.16. The van der Waals surface area contributed by atoms with Crippen LogP contribution in [0.5, 0.6) is 0 Å². The summed E-state index contributed by atoms with van der Waals surface area (Å²) in [5.41, 5.74) is 3.64. The van der Waals surface area contributed by atoms with Crippen molar-refractivity contribution in [3.63, 3.8) is 0 Å². The highest BCUT2D eigenvalue weighted by atomic mass is 16.5. The maximum atomic E-state index is 5.86. The van der Waals surface area contributed by atoms with Crippen LogP contribution >= 0.6 is 0 Å². The number of nitrogens with zero attached hydrogens (tertiary/aromatic N) is 3. The van der Waals surface area contributed by atoms with Crippen molar-refractivity contribution >= 4 is 5.96 Å². The lowest BCUT2D eigenvalue weighted by molar-refractivity contribution is 0.0931. The average molecular weight is 434 g/mol. The number of aryl methyl sites for hydroxylation is 1. The van der Waals surface area contributed by atoms with Gasteiger partial charge in [0.15, 0.2) is 5.96 Å².